The van der Waals surface area contributed by atoms with Crippen molar-refractivity contribution in [2.45, 2.75) is 19.1 Å². The third-order valence-corrected chi connectivity index (χ3v) is 3.34. The zero-order chi connectivity index (χ0) is 13.8. The van der Waals surface area contributed by atoms with Gasteiger partial charge in [0.15, 0.2) is 0 Å². The molecule has 5 nitrogen and oxygen atoms in total. The molecule has 1 aromatic carbocycles. The maximum Gasteiger partial charge on any atom is 0.241 e. The first-order valence-electron chi connectivity index (χ1n) is 6.36. The molecular weight excluding hydrogens is 244 g/mol. The molecule has 0 bridgehead atoms. The Balaban J connectivity index is 2.17. The molecule has 1 saturated heterocycles. The molecule has 1 fully saturated rings. The van der Waals surface area contributed by atoms with Crippen molar-refractivity contribution in [3.8, 4) is 5.75 Å². The van der Waals surface area contributed by atoms with Crippen LogP contribution in [0.3, 0.4) is 0 Å². The second kappa shape index (κ2) is 6.04. The Bertz CT molecular complexity index is 433. The van der Waals surface area contributed by atoms with Crippen LogP contribution in [0.4, 0.5) is 0 Å². The van der Waals surface area contributed by atoms with Gasteiger partial charge in [0, 0.05) is 13.7 Å². The van der Waals surface area contributed by atoms with Crippen LogP contribution < -0.4 is 10.1 Å². The molecule has 1 heterocycles. The van der Waals surface area contributed by atoms with Crippen molar-refractivity contribution >= 4 is 5.91 Å². The molecule has 1 aliphatic heterocycles. The lowest BCUT2D eigenvalue weighted by Crippen LogP contribution is -2.33. The number of ether oxygens (including phenoxy) is 2. The Labute approximate surface area is 113 Å². The molecule has 2 atom stereocenters. The van der Waals surface area contributed by atoms with Crippen molar-refractivity contribution in [1.82, 2.24) is 10.2 Å². The highest BCUT2D eigenvalue weighted by Crippen LogP contribution is 2.26. The minimum Gasteiger partial charge on any atom is -0.497 e. The first kappa shape index (κ1) is 13.8. The van der Waals surface area contributed by atoms with Crippen LogP contribution in [0.5, 0.6) is 5.75 Å². The van der Waals surface area contributed by atoms with Gasteiger partial charge in [-0.25, -0.2) is 0 Å². The lowest BCUT2D eigenvalue weighted by Gasteiger charge is -2.24. The highest BCUT2D eigenvalue weighted by molar-refractivity contribution is 5.84. The number of benzene rings is 1. The molecule has 5 heteroatoms. The fraction of sp³-hybridized carbons (Fsp3) is 0.500. The maximum atomic E-state index is 12.1. The molecule has 2 unspecified atom stereocenters. The molecule has 0 aliphatic carbocycles. The Morgan fingerprint density at radius 2 is 1.95 bits per heavy atom. The first-order valence-corrected chi connectivity index (χ1v) is 6.36. The van der Waals surface area contributed by atoms with Crippen molar-refractivity contribution in [2.24, 2.45) is 0 Å². The van der Waals surface area contributed by atoms with Crippen molar-refractivity contribution < 1.29 is 14.3 Å². The molecule has 1 aliphatic rings. The van der Waals surface area contributed by atoms with E-state index < -0.39 is 0 Å². The molecular formula is C14H20N2O3. The van der Waals surface area contributed by atoms with Gasteiger partial charge in [-0.05, 0) is 24.6 Å². The molecule has 0 saturated carbocycles. The number of carbonyl (C=O) groups excluding carboxylic acids is 1. The smallest absolute Gasteiger partial charge is 0.241 e. The molecule has 104 valence electrons. The highest BCUT2D eigenvalue weighted by Gasteiger charge is 2.36. The zero-order valence-corrected chi connectivity index (χ0v) is 11.6. The summed E-state index contributed by atoms with van der Waals surface area (Å²) in [7, 11) is 3.28. The van der Waals surface area contributed by atoms with Crippen LogP contribution in [0.1, 0.15) is 18.7 Å². The predicted octanol–water partition coefficient (Wildman–Crippen LogP) is 1.16. The quantitative estimate of drug-likeness (QED) is 0.867. The number of methoxy groups -OCH3 is 2. The number of nitrogens with one attached hydrogen (secondary N) is 1. The number of hydrogen-bond acceptors (Lipinski definition) is 4. The minimum atomic E-state index is -0.163. The lowest BCUT2D eigenvalue weighted by molar-refractivity contribution is -0.130. The molecule has 19 heavy (non-hydrogen) atoms. The largest absolute Gasteiger partial charge is 0.497 e. The molecule has 0 radical (unpaired) electrons. The molecule has 1 amide bonds. The summed E-state index contributed by atoms with van der Waals surface area (Å²) in [6, 6.07) is 7.59. The molecule has 0 spiro atoms. The van der Waals surface area contributed by atoms with E-state index in [1.165, 1.54) is 0 Å². The van der Waals surface area contributed by atoms with Crippen LogP contribution in [0, 0.1) is 0 Å². The summed E-state index contributed by atoms with van der Waals surface area (Å²) in [5, 5.41) is 3.30. The van der Waals surface area contributed by atoms with Crippen LogP contribution in [0.15, 0.2) is 24.3 Å². The van der Waals surface area contributed by atoms with Crippen LogP contribution >= 0.6 is 0 Å². The molecule has 1 N–H and O–H groups in total. The summed E-state index contributed by atoms with van der Waals surface area (Å²) in [6.45, 7) is 3.00. The van der Waals surface area contributed by atoms with Gasteiger partial charge in [-0.2, -0.15) is 0 Å². The van der Waals surface area contributed by atoms with Gasteiger partial charge in [-0.1, -0.05) is 12.1 Å². The van der Waals surface area contributed by atoms with Gasteiger partial charge in [-0.3, -0.25) is 10.1 Å². The van der Waals surface area contributed by atoms with Gasteiger partial charge in [0.1, 0.15) is 11.9 Å². The summed E-state index contributed by atoms with van der Waals surface area (Å²) < 4.78 is 10.2. The topological polar surface area (TPSA) is 50.8 Å². The summed E-state index contributed by atoms with van der Waals surface area (Å²) in [5.74, 6) is 0.919. The van der Waals surface area contributed by atoms with Crippen LogP contribution in [0.2, 0.25) is 0 Å². The standard InChI is InChI=1S/C14H20N2O3/c1-10-14(17)16(8-9-18-2)13(15-10)11-4-6-12(19-3)7-5-11/h4-7,10,13,15H,8-9H2,1-3H3. The van der Waals surface area contributed by atoms with Gasteiger partial charge < -0.3 is 14.4 Å². The van der Waals surface area contributed by atoms with Crippen molar-refractivity contribution in [1.29, 1.82) is 0 Å². The Hall–Kier alpha value is -1.59. The molecule has 1 aromatic rings. The van der Waals surface area contributed by atoms with Gasteiger partial charge in [0.25, 0.3) is 0 Å². The zero-order valence-electron chi connectivity index (χ0n) is 11.6. The van der Waals surface area contributed by atoms with E-state index in [4.69, 9.17) is 9.47 Å². The maximum absolute atomic E-state index is 12.1. The lowest BCUT2D eigenvalue weighted by atomic mass is 10.1. The van der Waals surface area contributed by atoms with E-state index in [9.17, 15) is 4.79 Å². The number of carbonyl (C=O) groups is 1. The Morgan fingerprint density at radius 3 is 2.53 bits per heavy atom. The Kier molecular flexibility index (Phi) is 4.39. The third kappa shape index (κ3) is 2.88. The number of rotatable bonds is 5. The average Bonchev–Trinajstić information content (AvgIpc) is 2.73. The van der Waals surface area contributed by atoms with Crippen molar-refractivity contribution in [2.75, 3.05) is 27.4 Å². The van der Waals surface area contributed by atoms with Crippen LogP contribution in [0.25, 0.3) is 0 Å². The Morgan fingerprint density at radius 1 is 1.26 bits per heavy atom. The van der Waals surface area contributed by atoms with Gasteiger partial charge in [0.2, 0.25) is 5.91 Å². The second-order valence-corrected chi connectivity index (χ2v) is 4.59. The third-order valence-electron chi connectivity index (χ3n) is 3.34. The number of amides is 1. The monoisotopic (exact) mass is 264 g/mol. The number of nitrogens with zero attached hydrogens (tertiary/aromatic N) is 1. The fourth-order valence-electron chi connectivity index (χ4n) is 2.27. The molecule has 0 aromatic heterocycles. The second-order valence-electron chi connectivity index (χ2n) is 4.59. The van der Waals surface area contributed by atoms with E-state index in [1.807, 2.05) is 36.1 Å². The highest BCUT2D eigenvalue weighted by atomic mass is 16.5. The summed E-state index contributed by atoms with van der Waals surface area (Å²) >= 11 is 0. The van der Waals surface area contributed by atoms with Crippen LogP contribution in [-0.4, -0.2) is 44.2 Å². The average molecular weight is 264 g/mol. The summed E-state index contributed by atoms with van der Waals surface area (Å²) in [4.78, 5) is 13.9. The van der Waals surface area contributed by atoms with Gasteiger partial charge in [-0.15, -0.1) is 0 Å². The van der Waals surface area contributed by atoms with E-state index in [2.05, 4.69) is 5.32 Å². The normalized spacial score (nSPS) is 22.9. The van der Waals surface area contributed by atoms with E-state index in [0.717, 1.165) is 11.3 Å². The van der Waals surface area contributed by atoms with Crippen LogP contribution in [-0.2, 0) is 9.53 Å². The fourth-order valence-corrected chi connectivity index (χ4v) is 2.27. The number of hydrogen-bond donors (Lipinski definition) is 1. The summed E-state index contributed by atoms with van der Waals surface area (Å²) in [6.07, 6.45) is -0.0939. The van der Waals surface area contributed by atoms with E-state index in [0.29, 0.717) is 13.2 Å². The van der Waals surface area contributed by atoms with E-state index >= 15 is 0 Å². The van der Waals surface area contributed by atoms with Gasteiger partial charge in [0.05, 0.1) is 19.8 Å². The molecule has 2 rings (SSSR count). The minimum absolute atomic E-state index is 0.0939. The van der Waals surface area contributed by atoms with E-state index in [-0.39, 0.29) is 18.1 Å². The SMILES string of the molecule is COCCN1C(=O)C(C)NC1c1ccc(OC)cc1. The summed E-state index contributed by atoms with van der Waals surface area (Å²) in [5.41, 5.74) is 1.05. The van der Waals surface area contributed by atoms with Gasteiger partial charge >= 0.3 is 0 Å². The van der Waals surface area contributed by atoms with E-state index in [1.54, 1.807) is 14.2 Å². The van der Waals surface area contributed by atoms with Crippen molar-refractivity contribution in [3.63, 3.8) is 0 Å². The predicted molar refractivity (Wildman–Crippen MR) is 71.9 cm³/mol. The first-order chi connectivity index (χ1) is 9.17. The van der Waals surface area contributed by atoms with Crippen molar-refractivity contribution in [3.05, 3.63) is 29.8 Å².